The van der Waals surface area contributed by atoms with Crippen LogP contribution in [0.25, 0.3) is 0 Å². The lowest BCUT2D eigenvalue weighted by Crippen LogP contribution is -2.32. The Morgan fingerprint density at radius 2 is 2.29 bits per heavy atom. The first-order valence-corrected chi connectivity index (χ1v) is 8.30. The first-order valence-electron chi connectivity index (χ1n) is 7.50. The lowest BCUT2D eigenvalue weighted by Gasteiger charge is -2.28. The Labute approximate surface area is 147 Å². The van der Waals surface area contributed by atoms with Crippen LogP contribution in [0.3, 0.4) is 0 Å². The molecule has 24 heavy (non-hydrogen) atoms. The molecule has 1 aliphatic heterocycles. The van der Waals surface area contributed by atoms with Crippen LogP contribution < -0.4 is 15.8 Å². The molecule has 0 fully saturated rings. The Kier molecular flexibility index (Phi) is 4.52. The van der Waals surface area contributed by atoms with Crippen molar-refractivity contribution in [2.75, 3.05) is 11.9 Å². The Morgan fingerprint density at radius 1 is 1.50 bits per heavy atom. The number of carbonyl (C=O) groups excluding carboxylic acids is 1. The highest BCUT2D eigenvalue weighted by Crippen LogP contribution is 2.39. The molecule has 3 rings (SSSR count). The van der Waals surface area contributed by atoms with Gasteiger partial charge in [-0.1, -0.05) is 28.0 Å². The van der Waals surface area contributed by atoms with Gasteiger partial charge in [-0.15, -0.1) is 0 Å². The summed E-state index contributed by atoms with van der Waals surface area (Å²) in [5.74, 6) is 0.580. The van der Waals surface area contributed by atoms with Crippen molar-refractivity contribution in [2.24, 2.45) is 5.73 Å². The van der Waals surface area contributed by atoms with E-state index < -0.39 is 11.9 Å². The molecular formula is C15H17BrN6O2. The summed E-state index contributed by atoms with van der Waals surface area (Å²) in [6, 6.07) is 5.08. The third-order valence-electron chi connectivity index (χ3n) is 3.71. The van der Waals surface area contributed by atoms with Gasteiger partial charge in [0.05, 0.1) is 12.2 Å². The van der Waals surface area contributed by atoms with Crippen molar-refractivity contribution in [1.29, 1.82) is 0 Å². The number of tetrazole rings is 1. The first-order chi connectivity index (χ1) is 11.5. The van der Waals surface area contributed by atoms with Gasteiger partial charge in [-0.25, -0.2) is 0 Å². The van der Waals surface area contributed by atoms with Crippen LogP contribution in [0.4, 0.5) is 5.95 Å². The van der Waals surface area contributed by atoms with Crippen molar-refractivity contribution < 1.29 is 9.53 Å². The van der Waals surface area contributed by atoms with Crippen LogP contribution in [-0.2, 0) is 4.79 Å². The average Bonchev–Trinajstić information content (AvgIpc) is 2.99. The molecule has 0 radical (unpaired) electrons. The van der Waals surface area contributed by atoms with E-state index in [0.717, 1.165) is 16.5 Å². The molecule has 1 aromatic carbocycles. The molecule has 1 aliphatic rings. The van der Waals surface area contributed by atoms with E-state index in [-0.39, 0.29) is 0 Å². The predicted molar refractivity (Wildman–Crippen MR) is 91.4 cm³/mol. The van der Waals surface area contributed by atoms with Gasteiger partial charge < -0.3 is 15.8 Å². The van der Waals surface area contributed by atoms with Crippen LogP contribution in [0.5, 0.6) is 5.75 Å². The first kappa shape index (κ1) is 16.4. The van der Waals surface area contributed by atoms with E-state index in [1.807, 2.05) is 25.1 Å². The van der Waals surface area contributed by atoms with E-state index in [1.165, 1.54) is 4.68 Å². The number of nitrogens with two attached hydrogens (primary N) is 1. The second kappa shape index (κ2) is 6.60. The topological polar surface area (TPSA) is 108 Å². The highest BCUT2D eigenvalue weighted by atomic mass is 79.9. The molecule has 8 nitrogen and oxygen atoms in total. The van der Waals surface area contributed by atoms with Gasteiger partial charge in [0.2, 0.25) is 11.9 Å². The second-order valence-corrected chi connectivity index (χ2v) is 6.32. The van der Waals surface area contributed by atoms with Crippen molar-refractivity contribution in [1.82, 2.24) is 20.2 Å². The number of aromatic nitrogens is 4. The molecule has 0 aliphatic carbocycles. The Balaban J connectivity index is 2.19. The Morgan fingerprint density at radius 3 is 3.00 bits per heavy atom. The molecule has 0 saturated heterocycles. The summed E-state index contributed by atoms with van der Waals surface area (Å²) in [6.45, 7) is 4.37. The summed E-state index contributed by atoms with van der Waals surface area (Å²) in [6.07, 6.45) is 0.870. The zero-order valence-corrected chi connectivity index (χ0v) is 14.9. The molecule has 1 amide bonds. The van der Waals surface area contributed by atoms with E-state index in [2.05, 4.69) is 36.8 Å². The molecule has 1 atom stereocenters. The van der Waals surface area contributed by atoms with E-state index in [0.29, 0.717) is 29.6 Å². The number of benzene rings is 1. The van der Waals surface area contributed by atoms with Crippen molar-refractivity contribution in [3.05, 3.63) is 39.5 Å². The van der Waals surface area contributed by atoms with E-state index in [4.69, 9.17) is 10.5 Å². The van der Waals surface area contributed by atoms with E-state index >= 15 is 0 Å². The zero-order chi connectivity index (χ0) is 17.3. The van der Waals surface area contributed by atoms with Gasteiger partial charge >= 0.3 is 0 Å². The highest BCUT2D eigenvalue weighted by molar-refractivity contribution is 9.10. The van der Waals surface area contributed by atoms with Crippen molar-refractivity contribution in [2.45, 2.75) is 26.3 Å². The minimum atomic E-state index is -0.557. The molecule has 3 N–H and O–H groups in total. The monoisotopic (exact) mass is 392 g/mol. The number of rotatable bonds is 5. The quantitative estimate of drug-likeness (QED) is 0.805. The predicted octanol–water partition coefficient (Wildman–Crippen LogP) is 2.00. The number of nitrogens with zero attached hydrogens (tertiary/aromatic N) is 4. The van der Waals surface area contributed by atoms with Gasteiger partial charge in [-0.2, -0.15) is 4.68 Å². The number of hydrogen-bond donors (Lipinski definition) is 2. The number of primary amides is 1. The molecule has 1 unspecified atom stereocenters. The fraction of sp³-hybridized carbons (Fsp3) is 0.333. The largest absolute Gasteiger partial charge is 0.493 e. The van der Waals surface area contributed by atoms with Gasteiger partial charge in [0, 0.05) is 15.7 Å². The van der Waals surface area contributed by atoms with Crippen LogP contribution >= 0.6 is 15.9 Å². The summed E-state index contributed by atoms with van der Waals surface area (Å²) >= 11 is 3.47. The third-order valence-corrected chi connectivity index (χ3v) is 4.20. The molecule has 9 heteroatoms. The normalized spacial score (nSPS) is 16.5. The summed E-state index contributed by atoms with van der Waals surface area (Å²) < 4.78 is 8.24. The molecule has 0 bridgehead atoms. The number of halogens is 1. The maximum Gasteiger partial charge on any atom is 0.248 e. The van der Waals surface area contributed by atoms with Gasteiger partial charge in [0.1, 0.15) is 11.8 Å². The zero-order valence-electron chi connectivity index (χ0n) is 13.3. The molecule has 0 saturated carbocycles. The summed E-state index contributed by atoms with van der Waals surface area (Å²) in [5, 5.41) is 14.6. The lowest BCUT2D eigenvalue weighted by atomic mass is 9.94. The van der Waals surface area contributed by atoms with E-state index in [9.17, 15) is 4.79 Å². The number of nitrogens with one attached hydrogen (secondary N) is 1. The lowest BCUT2D eigenvalue weighted by molar-refractivity contribution is -0.115. The summed E-state index contributed by atoms with van der Waals surface area (Å²) in [5.41, 5.74) is 7.41. The highest BCUT2D eigenvalue weighted by Gasteiger charge is 2.34. The van der Waals surface area contributed by atoms with Crippen molar-refractivity contribution >= 4 is 27.8 Å². The fourth-order valence-electron chi connectivity index (χ4n) is 2.70. The minimum absolute atomic E-state index is 0.397. The molecule has 2 heterocycles. The molecule has 126 valence electrons. The van der Waals surface area contributed by atoms with Gasteiger partial charge in [-0.05, 0) is 42.0 Å². The Hall–Kier alpha value is -2.42. The molecular weight excluding hydrogens is 376 g/mol. The smallest absolute Gasteiger partial charge is 0.248 e. The standard InChI is InChI=1S/C15H17BrN6O2/c1-3-6-24-11-5-4-9(16)7-10(11)13-12(14(17)23)8(2)18-15-19-20-21-22(13)15/h4-5,7,13H,3,6H2,1-2H3,(H2,17,23)(H,18,19,21). The van der Waals surface area contributed by atoms with Gasteiger partial charge in [-0.3, -0.25) is 4.79 Å². The van der Waals surface area contributed by atoms with Gasteiger partial charge in [0.25, 0.3) is 0 Å². The number of hydrogen-bond acceptors (Lipinski definition) is 6. The third kappa shape index (κ3) is 2.86. The molecule has 1 aromatic heterocycles. The second-order valence-electron chi connectivity index (χ2n) is 5.41. The van der Waals surface area contributed by atoms with Crippen LogP contribution in [-0.4, -0.2) is 32.7 Å². The van der Waals surface area contributed by atoms with Crippen molar-refractivity contribution in [3.63, 3.8) is 0 Å². The van der Waals surface area contributed by atoms with Crippen LogP contribution in [0.1, 0.15) is 31.9 Å². The van der Waals surface area contributed by atoms with Crippen LogP contribution in [0, 0.1) is 0 Å². The Bertz CT molecular complexity index is 816. The maximum atomic E-state index is 12.1. The number of carbonyl (C=O) groups is 1. The van der Waals surface area contributed by atoms with Crippen LogP contribution in [0.2, 0.25) is 0 Å². The number of anilines is 1. The minimum Gasteiger partial charge on any atom is -0.493 e. The van der Waals surface area contributed by atoms with Crippen LogP contribution in [0.15, 0.2) is 33.9 Å². The SMILES string of the molecule is CCCOc1ccc(Br)cc1C1C(C(N)=O)=C(C)Nc2nnnn21. The number of ether oxygens (including phenoxy) is 1. The summed E-state index contributed by atoms with van der Waals surface area (Å²) in [4.78, 5) is 12.1. The molecule has 2 aromatic rings. The maximum absolute atomic E-state index is 12.1. The van der Waals surface area contributed by atoms with Gasteiger partial charge in [0.15, 0.2) is 0 Å². The number of allylic oxidation sites excluding steroid dienone is 1. The van der Waals surface area contributed by atoms with E-state index in [1.54, 1.807) is 6.92 Å². The summed E-state index contributed by atoms with van der Waals surface area (Å²) in [7, 11) is 0. The number of fused-ring (bicyclic) bond motifs is 1. The van der Waals surface area contributed by atoms with Crippen molar-refractivity contribution in [3.8, 4) is 5.75 Å². The average molecular weight is 393 g/mol. The fourth-order valence-corrected chi connectivity index (χ4v) is 3.07. The number of amides is 1. The molecule has 0 spiro atoms.